The van der Waals surface area contributed by atoms with E-state index in [0.717, 1.165) is 24.6 Å². The van der Waals surface area contributed by atoms with Gasteiger partial charge in [-0.2, -0.15) is 0 Å². The molecule has 1 saturated heterocycles. The van der Waals surface area contributed by atoms with Crippen molar-refractivity contribution in [1.29, 1.82) is 0 Å². The van der Waals surface area contributed by atoms with E-state index in [1.54, 1.807) is 35.6 Å². The number of nitrogens with one attached hydrogen (secondary N) is 2. The number of carbonyl (C=O) groups is 2. The number of rotatable bonds is 7. The second kappa shape index (κ2) is 10.1. The highest BCUT2D eigenvalue weighted by molar-refractivity contribution is 7.10. The van der Waals surface area contributed by atoms with Gasteiger partial charge < -0.3 is 15.1 Å². The van der Waals surface area contributed by atoms with Crippen molar-refractivity contribution >= 4 is 28.8 Å². The van der Waals surface area contributed by atoms with Crippen LogP contribution in [0.2, 0.25) is 0 Å². The van der Waals surface area contributed by atoms with Gasteiger partial charge in [0.15, 0.2) is 5.76 Å². The minimum absolute atomic E-state index is 0.148. The number of anilines is 1. The van der Waals surface area contributed by atoms with Crippen LogP contribution in [0, 0.1) is 12.8 Å². The van der Waals surface area contributed by atoms with Gasteiger partial charge in [-0.1, -0.05) is 19.1 Å². The molecule has 1 aliphatic heterocycles. The van der Waals surface area contributed by atoms with Gasteiger partial charge in [-0.15, -0.1) is 11.3 Å². The maximum Gasteiger partial charge on any atom is 0.291 e. The lowest BCUT2D eigenvalue weighted by Crippen LogP contribution is -2.41. The highest BCUT2D eigenvalue weighted by Gasteiger charge is 2.26. The number of furan rings is 1. The van der Waals surface area contributed by atoms with E-state index in [2.05, 4.69) is 40.0 Å². The second-order valence-corrected chi connectivity index (χ2v) is 9.40. The molecule has 0 spiro atoms. The molecule has 3 aromatic rings. The highest BCUT2D eigenvalue weighted by atomic mass is 32.1. The zero-order chi connectivity index (χ0) is 22.5. The van der Waals surface area contributed by atoms with E-state index in [-0.39, 0.29) is 23.6 Å². The van der Waals surface area contributed by atoms with Crippen molar-refractivity contribution in [2.24, 2.45) is 5.92 Å². The molecule has 0 saturated carbocycles. The van der Waals surface area contributed by atoms with Crippen molar-refractivity contribution in [3.8, 4) is 0 Å². The molecule has 1 aliphatic rings. The number of benzene rings is 1. The first-order valence-corrected chi connectivity index (χ1v) is 11.9. The van der Waals surface area contributed by atoms with Gasteiger partial charge >= 0.3 is 0 Å². The van der Waals surface area contributed by atoms with Gasteiger partial charge in [0, 0.05) is 22.7 Å². The maximum atomic E-state index is 13.0. The molecule has 1 atom stereocenters. The van der Waals surface area contributed by atoms with Gasteiger partial charge in [-0.3, -0.25) is 14.5 Å². The molecular weight excluding hydrogens is 422 g/mol. The van der Waals surface area contributed by atoms with E-state index < -0.39 is 0 Å². The average Bonchev–Trinajstić information content (AvgIpc) is 3.51. The number of nitrogens with zero attached hydrogens (tertiary/aromatic N) is 1. The third kappa shape index (κ3) is 5.29. The van der Waals surface area contributed by atoms with E-state index in [0.29, 0.717) is 17.8 Å². The van der Waals surface area contributed by atoms with Crippen LogP contribution in [0.15, 0.2) is 58.5 Å². The largest absolute Gasteiger partial charge is 0.459 e. The fourth-order valence-corrected chi connectivity index (χ4v) is 4.87. The normalized spacial score (nSPS) is 15.9. The zero-order valence-corrected chi connectivity index (χ0v) is 19.3. The number of hydrogen-bond donors (Lipinski definition) is 2. The summed E-state index contributed by atoms with van der Waals surface area (Å²) in [7, 11) is 0. The predicted molar refractivity (Wildman–Crippen MR) is 127 cm³/mol. The molecule has 1 unspecified atom stereocenters. The molecule has 2 aromatic heterocycles. The zero-order valence-electron chi connectivity index (χ0n) is 18.5. The van der Waals surface area contributed by atoms with Crippen LogP contribution in [-0.2, 0) is 0 Å². The quantitative estimate of drug-likeness (QED) is 0.524. The van der Waals surface area contributed by atoms with Crippen molar-refractivity contribution in [3.05, 3.63) is 75.9 Å². The van der Waals surface area contributed by atoms with Crippen molar-refractivity contribution in [1.82, 2.24) is 10.2 Å². The standard InChI is InChI=1S/C25H29N3O3S/c1-17-9-11-28(12-10-17)21(23-6-4-14-32-23)16-26-24(29)19-8-7-18(2)20(15-19)27-25(30)22-5-3-13-31-22/h3-8,13-15,17,21H,9-12,16H2,1-2H3,(H,26,29)(H,27,30). The monoisotopic (exact) mass is 451 g/mol. The molecule has 2 amide bonds. The molecule has 32 heavy (non-hydrogen) atoms. The summed E-state index contributed by atoms with van der Waals surface area (Å²) in [4.78, 5) is 29.1. The first kappa shape index (κ1) is 22.3. The van der Waals surface area contributed by atoms with Crippen LogP contribution in [-0.4, -0.2) is 36.3 Å². The van der Waals surface area contributed by atoms with E-state index in [9.17, 15) is 9.59 Å². The summed E-state index contributed by atoms with van der Waals surface area (Å²) in [6, 6.07) is 13.0. The minimum atomic E-state index is -0.340. The third-order valence-electron chi connectivity index (χ3n) is 6.08. The second-order valence-electron chi connectivity index (χ2n) is 8.42. The number of piperidine rings is 1. The summed E-state index contributed by atoms with van der Waals surface area (Å²) in [6.07, 6.45) is 3.83. The minimum Gasteiger partial charge on any atom is -0.459 e. The van der Waals surface area contributed by atoms with Crippen molar-refractivity contribution in [2.45, 2.75) is 32.7 Å². The van der Waals surface area contributed by atoms with Crippen LogP contribution in [0.3, 0.4) is 0 Å². The van der Waals surface area contributed by atoms with Gasteiger partial charge in [0.05, 0.1) is 12.3 Å². The van der Waals surface area contributed by atoms with Crippen LogP contribution in [0.1, 0.15) is 57.2 Å². The fraction of sp³-hybridized carbons (Fsp3) is 0.360. The number of amides is 2. The highest BCUT2D eigenvalue weighted by Crippen LogP contribution is 2.29. The van der Waals surface area contributed by atoms with E-state index in [1.165, 1.54) is 24.0 Å². The summed E-state index contributed by atoms with van der Waals surface area (Å²) >= 11 is 1.73. The van der Waals surface area contributed by atoms with Crippen LogP contribution >= 0.6 is 11.3 Å². The molecule has 3 heterocycles. The van der Waals surface area contributed by atoms with E-state index >= 15 is 0 Å². The molecule has 0 aliphatic carbocycles. The first-order chi connectivity index (χ1) is 15.5. The van der Waals surface area contributed by atoms with Crippen molar-refractivity contribution in [2.75, 3.05) is 25.0 Å². The van der Waals surface area contributed by atoms with Crippen molar-refractivity contribution in [3.63, 3.8) is 0 Å². The average molecular weight is 452 g/mol. The molecule has 7 heteroatoms. The SMILES string of the molecule is Cc1ccc(C(=O)NCC(c2cccs2)N2CCC(C)CC2)cc1NC(=O)c1ccco1. The molecule has 0 bridgehead atoms. The smallest absolute Gasteiger partial charge is 0.291 e. The Morgan fingerprint density at radius 1 is 1.16 bits per heavy atom. The Kier molecular flexibility index (Phi) is 7.07. The summed E-state index contributed by atoms with van der Waals surface area (Å²) in [6.45, 7) is 6.85. The van der Waals surface area contributed by atoms with Crippen molar-refractivity contribution < 1.29 is 14.0 Å². The summed E-state index contributed by atoms with van der Waals surface area (Å²) in [5, 5.41) is 8.04. The molecule has 6 nitrogen and oxygen atoms in total. The van der Waals surface area contributed by atoms with Gasteiger partial charge in [0.1, 0.15) is 0 Å². The fourth-order valence-electron chi connectivity index (χ4n) is 4.01. The lowest BCUT2D eigenvalue weighted by atomic mass is 9.97. The Bertz CT molecular complexity index is 1040. The maximum absolute atomic E-state index is 13.0. The van der Waals surface area contributed by atoms with Gasteiger partial charge in [-0.05, 0) is 80.0 Å². The van der Waals surface area contributed by atoms with Gasteiger partial charge in [-0.25, -0.2) is 0 Å². The number of carbonyl (C=O) groups excluding carboxylic acids is 2. The summed E-state index contributed by atoms with van der Waals surface area (Å²) in [5.74, 6) is 0.499. The Morgan fingerprint density at radius 3 is 2.66 bits per heavy atom. The molecule has 4 rings (SSSR count). The van der Waals surface area contributed by atoms with Gasteiger partial charge in [0.2, 0.25) is 0 Å². The van der Waals surface area contributed by atoms with Gasteiger partial charge in [0.25, 0.3) is 11.8 Å². The number of aryl methyl sites for hydroxylation is 1. The Hall–Kier alpha value is -2.90. The molecule has 1 aromatic carbocycles. The van der Waals surface area contributed by atoms with Crippen LogP contribution in [0.25, 0.3) is 0 Å². The Balaban J connectivity index is 1.44. The molecule has 0 radical (unpaired) electrons. The Labute approximate surface area is 192 Å². The molecule has 2 N–H and O–H groups in total. The molecule has 168 valence electrons. The van der Waals surface area contributed by atoms with Crippen LogP contribution < -0.4 is 10.6 Å². The number of hydrogen-bond acceptors (Lipinski definition) is 5. The Morgan fingerprint density at radius 2 is 1.97 bits per heavy atom. The topological polar surface area (TPSA) is 74.6 Å². The first-order valence-electron chi connectivity index (χ1n) is 11.0. The predicted octanol–water partition coefficient (Wildman–Crippen LogP) is 5.10. The summed E-state index contributed by atoms with van der Waals surface area (Å²) in [5.41, 5.74) is 1.99. The van der Waals surface area contributed by atoms with Crippen LogP contribution in [0.4, 0.5) is 5.69 Å². The lowest BCUT2D eigenvalue weighted by molar-refractivity contribution is 0.0914. The molecule has 1 fully saturated rings. The lowest BCUT2D eigenvalue weighted by Gasteiger charge is -2.36. The number of thiophene rings is 1. The number of likely N-dealkylation sites (tertiary alicyclic amines) is 1. The van der Waals surface area contributed by atoms with Crippen LogP contribution in [0.5, 0.6) is 0 Å². The van der Waals surface area contributed by atoms with E-state index in [4.69, 9.17) is 4.42 Å². The third-order valence-corrected chi connectivity index (χ3v) is 7.05. The molecular formula is C25H29N3O3S. The summed E-state index contributed by atoms with van der Waals surface area (Å²) < 4.78 is 5.15. The van der Waals surface area contributed by atoms with E-state index in [1.807, 2.05) is 13.0 Å².